The number of nitrogens with zero attached hydrogens (tertiary/aromatic N) is 3. The molecular formula is C13H21N3O2. The van der Waals surface area contributed by atoms with Crippen LogP contribution in [0.5, 0.6) is 0 Å². The van der Waals surface area contributed by atoms with E-state index in [1.807, 2.05) is 23.9 Å². The first-order chi connectivity index (χ1) is 8.58. The Morgan fingerprint density at radius 3 is 3.06 bits per heavy atom. The fraction of sp³-hybridized carbons (Fsp3) is 0.692. The lowest BCUT2D eigenvalue weighted by Gasteiger charge is -2.29. The molecule has 0 aliphatic carbocycles. The lowest BCUT2D eigenvalue weighted by molar-refractivity contribution is -0.137. The summed E-state index contributed by atoms with van der Waals surface area (Å²) < 4.78 is 2.00. The standard InChI is InChI=1S/C13H21N3O2/c1-10-5-9-16(14-10)11(2)12-4-3-7-15(12)8-6-13(17)18/h5,9,11-12H,3-4,6-8H2,1-2H3,(H,17,18). The highest BCUT2D eigenvalue weighted by molar-refractivity contribution is 5.66. The lowest BCUT2D eigenvalue weighted by atomic mass is 10.1. The molecule has 1 aromatic heterocycles. The van der Waals surface area contributed by atoms with Crippen LogP contribution in [0.25, 0.3) is 0 Å². The molecule has 1 saturated heterocycles. The van der Waals surface area contributed by atoms with Gasteiger partial charge in [-0.05, 0) is 39.3 Å². The third-order valence-corrected chi connectivity index (χ3v) is 3.74. The van der Waals surface area contributed by atoms with Crippen molar-refractivity contribution < 1.29 is 9.90 Å². The maximum absolute atomic E-state index is 10.7. The molecule has 1 aliphatic heterocycles. The fourth-order valence-corrected chi connectivity index (χ4v) is 2.75. The first kappa shape index (κ1) is 13.1. The van der Waals surface area contributed by atoms with Crippen molar-refractivity contribution in [2.75, 3.05) is 13.1 Å². The molecule has 2 atom stereocenters. The Kier molecular flexibility index (Phi) is 4.01. The molecule has 100 valence electrons. The first-order valence-corrected chi connectivity index (χ1v) is 6.55. The van der Waals surface area contributed by atoms with Gasteiger partial charge in [0, 0.05) is 18.8 Å². The van der Waals surface area contributed by atoms with Gasteiger partial charge in [-0.1, -0.05) is 0 Å². The quantitative estimate of drug-likeness (QED) is 0.865. The maximum atomic E-state index is 10.7. The fourth-order valence-electron chi connectivity index (χ4n) is 2.75. The minimum atomic E-state index is -0.719. The number of hydrogen-bond acceptors (Lipinski definition) is 3. The summed E-state index contributed by atoms with van der Waals surface area (Å²) in [5, 5.41) is 13.2. The van der Waals surface area contributed by atoms with Crippen LogP contribution in [0.1, 0.15) is 37.9 Å². The van der Waals surface area contributed by atoms with Crippen molar-refractivity contribution in [2.24, 2.45) is 0 Å². The van der Waals surface area contributed by atoms with Gasteiger partial charge in [-0.2, -0.15) is 5.10 Å². The van der Waals surface area contributed by atoms with Crippen LogP contribution in [-0.2, 0) is 4.79 Å². The van der Waals surface area contributed by atoms with Crippen LogP contribution in [0.2, 0.25) is 0 Å². The number of hydrogen-bond donors (Lipinski definition) is 1. The monoisotopic (exact) mass is 251 g/mol. The van der Waals surface area contributed by atoms with Gasteiger partial charge < -0.3 is 5.11 Å². The lowest BCUT2D eigenvalue weighted by Crippen LogP contribution is -2.37. The molecule has 1 aromatic rings. The summed E-state index contributed by atoms with van der Waals surface area (Å²) in [6.45, 7) is 5.80. The van der Waals surface area contributed by atoms with E-state index in [0.29, 0.717) is 18.6 Å². The Morgan fingerprint density at radius 1 is 1.67 bits per heavy atom. The zero-order valence-electron chi connectivity index (χ0n) is 11.0. The number of aliphatic carboxylic acids is 1. The molecule has 1 N–H and O–H groups in total. The molecule has 0 aromatic carbocycles. The minimum absolute atomic E-state index is 0.224. The van der Waals surface area contributed by atoms with Crippen LogP contribution < -0.4 is 0 Å². The van der Waals surface area contributed by atoms with Crippen molar-refractivity contribution in [2.45, 2.75) is 45.2 Å². The third-order valence-electron chi connectivity index (χ3n) is 3.74. The summed E-state index contributed by atoms with van der Waals surface area (Å²) in [5.41, 5.74) is 1.02. The highest BCUT2D eigenvalue weighted by atomic mass is 16.4. The number of carboxylic acid groups (broad SMARTS) is 1. The van der Waals surface area contributed by atoms with Gasteiger partial charge in [0.1, 0.15) is 0 Å². The predicted molar refractivity (Wildman–Crippen MR) is 68.5 cm³/mol. The molecular weight excluding hydrogens is 230 g/mol. The van der Waals surface area contributed by atoms with Crippen LogP contribution in [0.15, 0.2) is 12.3 Å². The molecule has 1 fully saturated rings. The van der Waals surface area contributed by atoms with E-state index in [1.54, 1.807) is 0 Å². The van der Waals surface area contributed by atoms with E-state index >= 15 is 0 Å². The summed E-state index contributed by atoms with van der Waals surface area (Å²) >= 11 is 0. The average Bonchev–Trinajstić information content (AvgIpc) is 2.93. The van der Waals surface area contributed by atoms with E-state index in [1.165, 1.54) is 0 Å². The number of aromatic nitrogens is 2. The summed E-state index contributed by atoms with van der Waals surface area (Å²) in [6.07, 6.45) is 4.50. The number of aryl methyl sites for hydroxylation is 1. The van der Waals surface area contributed by atoms with Gasteiger partial charge in [0.25, 0.3) is 0 Å². The highest BCUT2D eigenvalue weighted by Gasteiger charge is 2.30. The van der Waals surface area contributed by atoms with Crippen LogP contribution in [0.4, 0.5) is 0 Å². The smallest absolute Gasteiger partial charge is 0.304 e. The molecule has 1 aliphatic rings. The van der Waals surface area contributed by atoms with Crippen molar-refractivity contribution >= 4 is 5.97 Å². The SMILES string of the molecule is Cc1ccn(C(C)C2CCCN2CCC(=O)O)n1. The second kappa shape index (κ2) is 5.52. The molecule has 18 heavy (non-hydrogen) atoms. The molecule has 0 bridgehead atoms. The van der Waals surface area contributed by atoms with Gasteiger partial charge >= 0.3 is 5.97 Å². The second-order valence-corrected chi connectivity index (χ2v) is 5.07. The Bertz CT molecular complexity index is 416. The summed E-state index contributed by atoms with van der Waals surface area (Å²) in [6, 6.07) is 2.71. The van der Waals surface area contributed by atoms with E-state index in [0.717, 1.165) is 25.1 Å². The van der Waals surface area contributed by atoms with E-state index in [2.05, 4.69) is 16.9 Å². The Balaban J connectivity index is 2.00. The zero-order valence-corrected chi connectivity index (χ0v) is 11.0. The van der Waals surface area contributed by atoms with Crippen LogP contribution in [0, 0.1) is 6.92 Å². The highest BCUT2D eigenvalue weighted by Crippen LogP contribution is 2.26. The Morgan fingerprint density at radius 2 is 2.44 bits per heavy atom. The summed E-state index contributed by atoms with van der Waals surface area (Å²) in [4.78, 5) is 12.9. The van der Waals surface area contributed by atoms with Crippen molar-refractivity contribution in [3.63, 3.8) is 0 Å². The van der Waals surface area contributed by atoms with E-state index < -0.39 is 5.97 Å². The first-order valence-electron chi connectivity index (χ1n) is 6.55. The number of carboxylic acids is 1. The number of rotatable bonds is 5. The third kappa shape index (κ3) is 2.90. The van der Waals surface area contributed by atoms with E-state index in [-0.39, 0.29) is 6.42 Å². The van der Waals surface area contributed by atoms with Gasteiger partial charge in [-0.3, -0.25) is 14.4 Å². The van der Waals surface area contributed by atoms with Crippen molar-refractivity contribution in [1.82, 2.24) is 14.7 Å². The van der Waals surface area contributed by atoms with Crippen molar-refractivity contribution in [3.05, 3.63) is 18.0 Å². The zero-order chi connectivity index (χ0) is 13.1. The van der Waals surface area contributed by atoms with E-state index in [4.69, 9.17) is 5.11 Å². The van der Waals surface area contributed by atoms with Gasteiger partial charge in [-0.15, -0.1) is 0 Å². The predicted octanol–water partition coefficient (Wildman–Crippen LogP) is 1.69. The topological polar surface area (TPSA) is 58.4 Å². The molecule has 0 radical (unpaired) electrons. The average molecular weight is 251 g/mol. The second-order valence-electron chi connectivity index (χ2n) is 5.07. The number of likely N-dealkylation sites (tertiary alicyclic amines) is 1. The Hall–Kier alpha value is -1.36. The molecule has 0 amide bonds. The molecule has 5 heteroatoms. The normalized spacial score (nSPS) is 22.2. The van der Waals surface area contributed by atoms with Crippen molar-refractivity contribution in [3.8, 4) is 0 Å². The minimum Gasteiger partial charge on any atom is -0.481 e. The number of carbonyl (C=O) groups is 1. The van der Waals surface area contributed by atoms with Gasteiger partial charge in [-0.25, -0.2) is 0 Å². The van der Waals surface area contributed by atoms with Gasteiger partial charge in [0.15, 0.2) is 0 Å². The van der Waals surface area contributed by atoms with Crippen LogP contribution in [-0.4, -0.2) is 44.9 Å². The molecule has 0 saturated carbocycles. The van der Waals surface area contributed by atoms with Crippen molar-refractivity contribution in [1.29, 1.82) is 0 Å². The Labute approximate surface area is 107 Å². The maximum Gasteiger partial charge on any atom is 0.304 e. The van der Waals surface area contributed by atoms with Gasteiger partial charge in [0.2, 0.25) is 0 Å². The van der Waals surface area contributed by atoms with E-state index in [9.17, 15) is 4.79 Å². The molecule has 2 heterocycles. The molecule has 5 nitrogen and oxygen atoms in total. The summed E-state index contributed by atoms with van der Waals surface area (Å²) in [5.74, 6) is -0.719. The van der Waals surface area contributed by atoms with Crippen LogP contribution >= 0.6 is 0 Å². The summed E-state index contributed by atoms with van der Waals surface area (Å²) in [7, 11) is 0. The molecule has 2 rings (SSSR count). The van der Waals surface area contributed by atoms with Gasteiger partial charge in [0.05, 0.1) is 18.2 Å². The molecule has 0 spiro atoms. The molecule has 2 unspecified atom stereocenters. The largest absolute Gasteiger partial charge is 0.481 e. The van der Waals surface area contributed by atoms with Crippen LogP contribution in [0.3, 0.4) is 0 Å².